The lowest BCUT2D eigenvalue weighted by Gasteiger charge is -2.16. The van der Waals surface area contributed by atoms with Crippen LogP contribution in [0.5, 0.6) is 0 Å². The van der Waals surface area contributed by atoms with Crippen LogP contribution in [-0.4, -0.2) is 43.3 Å². The highest BCUT2D eigenvalue weighted by molar-refractivity contribution is 7.89. The van der Waals surface area contributed by atoms with Crippen molar-refractivity contribution in [1.82, 2.24) is 4.31 Å². The first-order valence-electron chi connectivity index (χ1n) is 4.13. The van der Waals surface area contributed by atoms with Gasteiger partial charge in [0.1, 0.15) is 0 Å². The lowest BCUT2D eigenvalue weighted by molar-refractivity contribution is 0.177. The van der Waals surface area contributed by atoms with Gasteiger partial charge in [-0.25, -0.2) is 12.7 Å². The molecular formula is C8H17NO3S. The van der Waals surface area contributed by atoms with Crippen molar-refractivity contribution < 1.29 is 13.5 Å². The van der Waals surface area contributed by atoms with Gasteiger partial charge in [0.05, 0.1) is 11.9 Å². The molecule has 0 radical (unpaired) electrons. The van der Waals surface area contributed by atoms with Gasteiger partial charge in [-0.05, 0) is 13.3 Å². The van der Waals surface area contributed by atoms with E-state index in [2.05, 4.69) is 6.58 Å². The molecule has 0 spiro atoms. The van der Waals surface area contributed by atoms with Crippen molar-refractivity contribution in [1.29, 1.82) is 0 Å². The molecule has 0 aliphatic carbocycles. The van der Waals surface area contributed by atoms with Crippen LogP contribution in [0.2, 0.25) is 0 Å². The Morgan fingerprint density at radius 2 is 2.15 bits per heavy atom. The summed E-state index contributed by atoms with van der Waals surface area (Å²) in [5.41, 5.74) is 0. The van der Waals surface area contributed by atoms with Crippen LogP contribution in [0, 0.1) is 0 Å². The maximum Gasteiger partial charge on any atom is 0.217 e. The van der Waals surface area contributed by atoms with E-state index in [1.807, 2.05) is 0 Å². The predicted molar refractivity (Wildman–Crippen MR) is 52.9 cm³/mol. The Labute approximate surface area is 79.9 Å². The number of hydrogen-bond donors (Lipinski definition) is 1. The zero-order chi connectivity index (χ0) is 10.5. The van der Waals surface area contributed by atoms with Crippen molar-refractivity contribution in [3.8, 4) is 0 Å². The monoisotopic (exact) mass is 207 g/mol. The van der Waals surface area contributed by atoms with Gasteiger partial charge in [-0.1, -0.05) is 6.08 Å². The molecule has 0 aromatic heterocycles. The number of sulfonamides is 1. The second-order valence-corrected chi connectivity index (χ2v) is 5.15. The maximum absolute atomic E-state index is 11.3. The van der Waals surface area contributed by atoms with E-state index >= 15 is 0 Å². The third-order valence-corrected chi connectivity index (χ3v) is 3.45. The molecule has 0 aliphatic rings. The fourth-order valence-corrected chi connectivity index (χ4v) is 1.72. The minimum absolute atomic E-state index is 0.0523. The van der Waals surface area contributed by atoms with Crippen LogP contribution in [0.25, 0.3) is 0 Å². The fourth-order valence-electron chi connectivity index (χ4n) is 0.784. The van der Waals surface area contributed by atoms with Gasteiger partial charge in [0.15, 0.2) is 0 Å². The molecule has 4 nitrogen and oxygen atoms in total. The standard InChI is InChI=1S/C8H17NO3S/c1-4-7-13(11,12)9(3)6-5-8(2)10/h4,8,10H,1,5-7H2,2-3H3. The zero-order valence-electron chi connectivity index (χ0n) is 8.10. The van der Waals surface area contributed by atoms with Crippen LogP contribution >= 0.6 is 0 Å². The largest absolute Gasteiger partial charge is 0.393 e. The van der Waals surface area contributed by atoms with Gasteiger partial charge in [-0.15, -0.1) is 6.58 Å². The molecular weight excluding hydrogens is 190 g/mol. The van der Waals surface area contributed by atoms with E-state index in [0.29, 0.717) is 13.0 Å². The second kappa shape index (κ2) is 5.36. The first-order chi connectivity index (χ1) is 5.90. The van der Waals surface area contributed by atoms with Gasteiger partial charge in [0.2, 0.25) is 10.0 Å². The summed E-state index contributed by atoms with van der Waals surface area (Å²) in [5.74, 6) is -0.0523. The van der Waals surface area contributed by atoms with E-state index in [0.717, 1.165) is 0 Å². The Morgan fingerprint density at radius 3 is 2.54 bits per heavy atom. The van der Waals surface area contributed by atoms with Crippen molar-refractivity contribution in [2.75, 3.05) is 19.3 Å². The van der Waals surface area contributed by atoms with Crippen LogP contribution in [0.4, 0.5) is 0 Å². The summed E-state index contributed by atoms with van der Waals surface area (Å²) in [6, 6.07) is 0. The van der Waals surface area contributed by atoms with Crippen molar-refractivity contribution in [3.05, 3.63) is 12.7 Å². The number of nitrogens with zero attached hydrogens (tertiary/aromatic N) is 1. The third kappa shape index (κ3) is 5.02. The SMILES string of the molecule is C=CCS(=O)(=O)N(C)CCC(C)O. The number of rotatable bonds is 6. The highest BCUT2D eigenvalue weighted by Gasteiger charge is 2.15. The third-order valence-electron chi connectivity index (χ3n) is 1.67. The summed E-state index contributed by atoms with van der Waals surface area (Å²) in [5, 5.41) is 8.96. The molecule has 78 valence electrons. The lowest BCUT2D eigenvalue weighted by Crippen LogP contribution is -2.30. The van der Waals surface area contributed by atoms with E-state index in [1.165, 1.54) is 17.4 Å². The Hall–Kier alpha value is -0.390. The van der Waals surface area contributed by atoms with Crippen molar-refractivity contribution in [2.24, 2.45) is 0 Å². The second-order valence-electron chi connectivity index (χ2n) is 3.03. The molecule has 1 unspecified atom stereocenters. The van der Waals surface area contributed by atoms with E-state index in [-0.39, 0.29) is 5.75 Å². The molecule has 0 saturated heterocycles. The van der Waals surface area contributed by atoms with Crippen molar-refractivity contribution in [2.45, 2.75) is 19.4 Å². The highest BCUT2D eigenvalue weighted by atomic mass is 32.2. The summed E-state index contributed by atoms with van der Waals surface area (Å²) < 4.78 is 23.9. The number of aliphatic hydroxyl groups excluding tert-OH is 1. The minimum Gasteiger partial charge on any atom is -0.393 e. The van der Waals surface area contributed by atoms with Crippen molar-refractivity contribution in [3.63, 3.8) is 0 Å². The van der Waals surface area contributed by atoms with Gasteiger partial charge in [0, 0.05) is 13.6 Å². The van der Waals surface area contributed by atoms with Gasteiger partial charge < -0.3 is 5.11 Å². The Balaban J connectivity index is 4.09. The lowest BCUT2D eigenvalue weighted by atomic mass is 10.3. The molecule has 0 heterocycles. The molecule has 13 heavy (non-hydrogen) atoms. The number of hydrogen-bond acceptors (Lipinski definition) is 3. The first-order valence-corrected chi connectivity index (χ1v) is 5.74. The molecule has 0 amide bonds. The quantitative estimate of drug-likeness (QED) is 0.633. The summed E-state index contributed by atoms with van der Waals surface area (Å²) >= 11 is 0. The normalized spacial score (nSPS) is 14.5. The molecule has 5 heteroatoms. The predicted octanol–water partition coefficient (Wildman–Crippen LogP) is 0.205. The molecule has 0 bridgehead atoms. The van der Waals surface area contributed by atoms with E-state index < -0.39 is 16.1 Å². The topological polar surface area (TPSA) is 57.6 Å². The summed E-state index contributed by atoms with van der Waals surface area (Å²) in [4.78, 5) is 0. The highest BCUT2D eigenvalue weighted by Crippen LogP contribution is 2.01. The Kier molecular flexibility index (Phi) is 5.20. The van der Waals surface area contributed by atoms with E-state index in [9.17, 15) is 8.42 Å². The van der Waals surface area contributed by atoms with E-state index in [4.69, 9.17) is 5.11 Å². The van der Waals surface area contributed by atoms with E-state index in [1.54, 1.807) is 6.92 Å². The van der Waals surface area contributed by atoms with Crippen LogP contribution < -0.4 is 0 Å². The summed E-state index contributed by atoms with van der Waals surface area (Å²) in [7, 11) is -1.70. The van der Waals surface area contributed by atoms with Gasteiger partial charge in [-0.3, -0.25) is 0 Å². The molecule has 1 N–H and O–H groups in total. The molecule has 0 aromatic carbocycles. The smallest absolute Gasteiger partial charge is 0.217 e. The van der Waals surface area contributed by atoms with Crippen LogP contribution in [0.15, 0.2) is 12.7 Å². The average molecular weight is 207 g/mol. The molecule has 0 rings (SSSR count). The Morgan fingerprint density at radius 1 is 1.62 bits per heavy atom. The van der Waals surface area contributed by atoms with Gasteiger partial charge in [-0.2, -0.15) is 0 Å². The molecule has 0 aromatic rings. The molecule has 0 aliphatic heterocycles. The summed E-state index contributed by atoms with van der Waals surface area (Å²) in [6.45, 7) is 5.34. The molecule has 0 saturated carbocycles. The van der Waals surface area contributed by atoms with Crippen LogP contribution in [0.3, 0.4) is 0 Å². The van der Waals surface area contributed by atoms with Gasteiger partial charge in [0.25, 0.3) is 0 Å². The first kappa shape index (κ1) is 12.6. The summed E-state index contributed by atoms with van der Waals surface area (Å²) in [6.07, 6.45) is 1.34. The minimum atomic E-state index is -3.20. The zero-order valence-corrected chi connectivity index (χ0v) is 8.92. The number of aliphatic hydroxyl groups is 1. The van der Waals surface area contributed by atoms with Crippen LogP contribution in [0.1, 0.15) is 13.3 Å². The maximum atomic E-state index is 11.3. The fraction of sp³-hybridized carbons (Fsp3) is 0.750. The Bertz CT molecular complexity index is 246. The molecule has 0 fully saturated rings. The van der Waals surface area contributed by atoms with Crippen LogP contribution in [-0.2, 0) is 10.0 Å². The average Bonchev–Trinajstić information content (AvgIpc) is 1.99. The van der Waals surface area contributed by atoms with Crippen molar-refractivity contribution >= 4 is 10.0 Å². The molecule has 1 atom stereocenters. The van der Waals surface area contributed by atoms with Gasteiger partial charge >= 0.3 is 0 Å².